The number of benzene rings is 1. The van der Waals surface area contributed by atoms with E-state index in [0.717, 1.165) is 4.90 Å². The Morgan fingerprint density at radius 1 is 1.17 bits per heavy atom. The summed E-state index contributed by atoms with van der Waals surface area (Å²) in [5.74, 6) is -1.64. The number of thioether (sulfide) groups is 1. The molecule has 5 nitrogen and oxygen atoms in total. The van der Waals surface area contributed by atoms with Crippen molar-refractivity contribution >= 4 is 40.9 Å². The molecule has 0 fully saturated rings. The predicted octanol–water partition coefficient (Wildman–Crippen LogP) is 2.73. The molecule has 1 N–H and O–H groups in total. The predicted molar refractivity (Wildman–Crippen MR) is 89.5 cm³/mol. The van der Waals surface area contributed by atoms with Gasteiger partial charge in [-0.05, 0) is 30.5 Å². The maximum atomic E-state index is 11.9. The van der Waals surface area contributed by atoms with Crippen LogP contribution in [0, 0.1) is 0 Å². The van der Waals surface area contributed by atoms with Gasteiger partial charge in [-0.25, -0.2) is 0 Å². The number of carbonyl (C=O) groups is 3. The van der Waals surface area contributed by atoms with Gasteiger partial charge in [0.2, 0.25) is 0 Å². The van der Waals surface area contributed by atoms with Crippen LogP contribution < -0.4 is 5.32 Å². The van der Waals surface area contributed by atoms with Crippen LogP contribution in [0.1, 0.15) is 16.6 Å². The van der Waals surface area contributed by atoms with Crippen LogP contribution in [-0.4, -0.2) is 29.6 Å². The Morgan fingerprint density at radius 3 is 2.57 bits per heavy atom. The third-order valence-electron chi connectivity index (χ3n) is 2.73. The summed E-state index contributed by atoms with van der Waals surface area (Å²) in [5, 5.41) is 3.47. The van der Waals surface area contributed by atoms with Crippen molar-refractivity contribution in [3.8, 4) is 0 Å². The molecule has 0 unspecified atom stereocenters. The zero-order chi connectivity index (χ0) is 16.7. The van der Waals surface area contributed by atoms with E-state index in [1.807, 2.05) is 30.3 Å². The number of hydrogen-bond acceptors (Lipinski definition) is 6. The van der Waals surface area contributed by atoms with Gasteiger partial charge in [-0.15, -0.1) is 23.1 Å². The van der Waals surface area contributed by atoms with Gasteiger partial charge in [-0.2, -0.15) is 0 Å². The Bertz CT molecular complexity index is 671. The molecule has 0 saturated heterocycles. The molecule has 1 aromatic heterocycles. The van der Waals surface area contributed by atoms with Gasteiger partial charge in [0.25, 0.3) is 11.8 Å². The van der Waals surface area contributed by atoms with Gasteiger partial charge >= 0.3 is 5.97 Å². The molecule has 7 heteroatoms. The first-order chi connectivity index (χ1) is 11.1. The van der Waals surface area contributed by atoms with E-state index in [4.69, 9.17) is 4.74 Å². The third-order valence-corrected chi connectivity index (χ3v) is 4.69. The fraction of sp³-hybridized carbons (Fsp3) is 0.188. The van der Waals surface area contributed by atoms with Crippen molar-refractivity contribution in [3.05, 3.63) is 52.7 Å². The van der Waals surface area contributed by atoms with E-state index >= 15 is 0 Å². The largest absolute Gasteiger partial charge is 0.455 e. The molecule has 1 atom stereocenters. The highest BCUT2D eigenvalue weighted by atomic mass is 32.2. The molecule has 1 heterocycles. The van der Waals surface area contributed by atoms with Crippen LogP contribution in [0.5, 0.6) is 0 Å². The minimum Gasteiger partial charge on any atom is -0.455 e. The highest BCUT2D eigenvalue weighted by molar-refractivity contribution is 8.00. The number of imide groups is 1. The molecule has 23 heavy (non-hydrogen) atoms. The third kappa shape index (κ3) is 5.54. The molecule has 120 valence electrons. The standard InChI is InChI=1S/C16H15NO4S2/c1-11(23-12-6-3-2-4-7-12)16(20)21-10-14(18)17-15(19)13-8-5-9-22-13/h2-9,11H,10H2,1H3,(H,17,18,19)/t11-/m0/s1. The van der Waals surface area contributed by atoms with E-state index in [-0.39, 0.29) is 0 Å². The highest BCUT2D eigenvalue weighted by Gasteiger charge is 2.18. The Kier molecular flexibility index (Phi) is 6.37. The maximum absolute atomic E-state index is 11.9. The molecule has 2 aromatic rings. The fourth-order valence-electron chi connectivity index (χ4n) is 1.64. The Morgan fingerprint density at radius 2 is 1.91 bits per heavy atom. The van der Waals surface area contributed by atoms with Crippen molar-refractivity contribution in [2.45, 2.75) is 17.1 Å². The first kappa shape index (κ1) is 17.2. The van der Waals surface area contributed by atoms with Crippen molar-refractivity contribution < 1.29 is 19.1 Å². The summed E-state index contributed by atoms with van der Waals surface area (Å²) in [5.41, 5.74) is 0. The summed E-state index contributed by atoms with van der Waals surface area (Å²) in [6.45, 7) is 1.23. The number of esters is 1. The summed E-state index contributed by atoms with van der Waals surface area (Å²) in [4.78, 5) is 36.5. The molecular weight excluding hydrogens is 334 g/mol. The number of amides is 2. The number of hydrogen-bond donors (Lipinski definition) is 1. The molecular formula is C16H15NO4S2. The molecule has 0 aliphatic carbocycles. The number of thiophene rings is 1. The van der Waals surface area contributed by atoms with Crippen LogP contribution in [0.2, 0.25) is 0 Å². The van der Waals surface area contributed by atoms with E-state index in [2.05, 4.69) is 5.32 Å². The van der Waals surface area contributed by atoms with Crippen molar-refractivity contribution in [2.24, 2.45) is 0 Å². The zero-order valence-electron chi connectivity index (χ0n) is 12.4. The lowest BCUT2D eigenvalue weighted by atomic mass is 10.4. The maximum Gasteiger partial charge on any atom is 0.319 e. The number of carbonyl (C=O) groups excluding carboxylic acids is 3. The summed E-state index contributed by atoms with van der Waals surface area (Å²) in [7, 11) is 0. The second kappa shape index (κ2) is 8.50. The van der Waals surface area contributed by atoms with E-state index in [1.54, 1.807) is 24.4 Å². The number of nitrogens with one attached hydrogen (secondary N) is 1. The Balaban J connectivity index is 1.75. The smallest absolute Gasteiger partial charge is 0.319 e. The fourth-order valence-corrected chi connectivity index (χ4v) is 3.14. The first-order valence-corrected chi connectivity index (χ1v) is 8.58. The Labute approximate surface area is 142 Å². The van der Waals surface area contributed by atoms with Gasteiger partial charge in [0.15, 0.2) is 6.61 Å². The number of ether oxygens (including phenoxy) is 1. The average Bonchev–Trinajstić information content (AvgIpc) is 3.08. The first-order valence-electron chi connectivity index (χ1n) is 6.82. The van der Waals surface area contributed by atoms with E-state index in [1.165, 1.54) is 23.1 Å². The lowest BCUT2D eigenvalue weighted by Gasteiger charge is -2.11. The SMILES string of the molecule is C[C@H](Sc1ccccc1)C(=O)OCC(=O)NC(=O)c1cccs1. The molecule has 2 amide bonds. The quantitative estimate of drug-likeness (QED) is 0.641. The average molecular weight is 349 g/mol. The topological polar surface area (TPSA) is 72.5 Å². The van der Waals surface area contributed by atoms with E-state index in [9.17, 15) is 14.4 Å². The van der Waals surface area contributed by atoms with Crippen LogP contribution in [0.3, 0.4) is 0 Å². The lowest BCUT2D eigenvalue weighted by molar-refractivity contribution is -0.147. The summed E-state index contributed by atoms with van der Waals surface area (Å²) >= 11 is 2.57. The molecule has 0 spiro atoms. The minimum atomic E-state index is -0.645. The highest BCUT2D eigenvalue weighted by Crippen LogP contribution is 2.23. The van der Waals surface area contributed by atoms with Crippen molar-refractivity contribution in [1.82, 2.24) is 5.32 Å². The number of rotatable bonds is 6. The molecule has 2 rings (SSSR count). The Hall–Kier alpha value is -2.12. The van der Waals surface area contributed by atoms with E-state index < -0.39 is 29.6 Å². The van der Waals surface area contributed by atoms with Crippen molar-refractivity contribution in [1.29, 1.82) is 0 Å². The van der Waals surface area contributed by atoms with Gasteiger partial charge < -0.3 is 4.74 Å². The van der Waals surface area contributed by atoms with Crippen LogP contribution in [0.4, 0.5) is 0 Å². The van der Waals surface area contributed by atoms with Crippen LogP contribution in [0.25, 0.3) is 0 Å². The second-order valence-corrected chi connectivity index (χ2v) is 6.90. The lowest BCUT2D eigenvalue weighted by Crippen LogP contribution is -2.34. The normalized spacial score (nSPS) is 11.5. The second-order valence-electron chi connectivity index (χ2n) is 4.54. The van der Waals surface area contributed by atoms with Crippen molar-refractivity contribution in [2.75, 3.05) is 6.61 Å². The van der Waals surface area contributed by atoms with Gasteiger partial charge in [0.1, 0.15) is 5.25 Å². The summed E-state index contributed by atoms with van der Waals surface area (Å²) in [6, 6.07) is 12.8. The zero-order valence-corrected chi connectivity index (χ0v) is 14.0. The summed E-state index contributed by atoms with van der Waals surface area (Å²) < 4.78 is 4.94. The van der Waals surface area contributed by atoms with Gasteiger partial charge in [-0.3, -0.25) is 19.7 Å². The monoisotopic (exact) mass is 349 g/mol. The van der Waals surface area contributed by atoms with E-state index in [0.29, 0.717) is 4.88 Å². The van der Waals surface area contributed by atoms with Crippen LogP contribution in [0.15, 0.2) is 52.7 Å². The summed E-state index contributed by atoms with van der Waals surface area (Å²) in [6.07, 6.45) is 0. The van der Waals surface area contributed by atoms with Gasteiger partial charge in [0, 0.05) is 4.90 Å². The molecule has 0 radical (unpaired) electrons. The van der Waals surface area contributed by atoms with Gasteiger partial charge in [0.05, 0.1) is 4.88 Å². The minimum absolute atomic E-state index is 0.428. The molecule has 0 saturated carbocycles. The van der Waals surface area contributed by atoms with Crippen LogP contribution in [-0.2, 0) is 14.3 Å². The van der Waals surface area contributed by atoms with Crippen molar-refractivity contribution in [3.63, 3.8) is 0 Å². The molecule has 0 aliphatic heterocycles. The molecule has 1 aromatic carbocycles. The van der Waals surface area contributed by atoms with Crippen LogP contribution >= 0.6 is 23.1 Å². The molecule has 0 bridgehead atoms. The van der Waals surface area contributed by atoms with Gasteiger partial charge in [-0.1, -0.05) is 24.3 Å². The molecule has 0 aliphatic rings.